The van der Waals surface area contributed by atoms with Gasteiger partial charge in [-0.1, -0.05) is 11.6 Å². The molecule has 142 valence electrons. The topological polar surface area (TPSA) is 92.1 Å². The third-order valence-corrected chi connectivity index (χ3v) is 4.94. The fourth-order valence-electron chi connectivity index (χ4n) is 3.15. The van der Waals surface area contributed by atoms with Crippen molar-refractivity contribution in [2.24, 2.45) is 0 Å². The molecule has 9 heteroatoms. The van der Waals surface area contributed by atoms with E-state index in [9.17, 15) is 4.79 Å². The second-order valence-corrected chi connectivity index (χ2v) is 6.87. The van der Waals surface area contributed by atoms with Crippen molar-refractivity contribution in [2.75, 3.05) is 11.9 Å². The molecule has 1 N–H and O–H groups in total. The van der Waals surface area contributed by atoms with Gasteiger partial charge in [-0.05, 0) is 24.3 Å². The van der Waals surface area contributed by atoms with E-state index in [2.05, 4.69) is 24.9 Å². The summed E-state index contributed by atoms with van der Waals surface area (Å²) in [6, 6.07) is 7.35. The number of halogens is 1. The van der Waals surface area contributed by atoms with Crippen molar-refractivity contribution in [3.05, 3.63) is 72.3 Å². The summed E-state index contributed by atoms with van der Waals surface area (Å²) >= 11 is 5.83. The lowest BCUT2D eigenvalue weighted by atomic mass is 10.2. The first kappa shape index (κ1) is 17.3. The fraction of sp³-hybridized carbons (Fsp3) is 0.0500. The number of nitrogens with one attached hydrogen (secondary N) is 1. The second kappa shape index (κ2) is 6.68. The number of hydrogen-bond acceptors (Lipinski definition) is 5. The molecule has 0 spiro atoms. The molecule has 8 nitrogen and oxygen atoms in total. The molecule has 5 rings (SSSR count). The van der Waals surface area contributed by atoms with E-state index in [0.717, 1.165) is 22.3 Å². The smallest absolute Gasteiger partial charge is 0.278 e. The van der Waals surface area contributed by atoms with Crippen molar-refractivity contribution in [3.8, 4) is 11.3 Å². The van der Waals surface area contributed by atoms with Crippen LogP contribution in [0.25, 0.3) is 27.9 Å². The highest BCUT2D eigenvalue weighted by Gasteiger charge is 2.17. The zero-order valence-electron chi connectivity index (χ0n) is 15.2. The molecule has 0 bridgehead atoms. The van der Waals surface area contributed by atoms with Crippen LogP contribution in [-0.2, 0) is 0 Å². The van der Waals surface area contributed by atoms with Crippen LogP contribution >= 0.6 is 11.6 Å². The Morgan fingerprint density at radius 1 is 1.07 bits per heavy atom. The average molecular weight is 404 g/mol. The van der Waals surface area contributed by atoms with E-state index in [4.69, 9.17) is 11.6 Å². The van der Waals surface area contributed by atoms with Gasteiger partial charge in [-0.15, -0.1) is 0 Å². The van der Waals surface area contributed by atoms with Gasteiger partial charge in [0.2, 0.25) is 0 Å². The first-order valence-electron chi connectivity index (χ1n) is 8.76. The van der Waals surface area contributed by atoms with E-state index in [-0.39, 0.29) is 11.6 Å². The van der Waals surface area contributed by atoms with E-state index in [1.165, 1.54) is 4.90 Å². The molecular weight excluding hydrogens is 390 g/mol. The van der Waals surface area contributed by atoms with Crippen LogP contribution in [0.4, 0.5) is 5.69 Å². The molecule has 0 radical (unpaired) electrons. The first-order valence-corrected chi connectivity index (χ1v) is 9.14. The lowest BCUT2D eigenvalue weighted by molar-refractivity contribution is 0.0987. The van der Waals surface area contributed by atoms with E-state index in [1.807, 2.05) is 22.7 Å². The number of imidazole rings is 1. The Labute approximate surface area is 169 Å². The number of aromatic amines is 1. The van der Waals surface area contributed by atoms with Crippen LogP contribution in [0.2, 0.25) is 5.15 Å². The zero-order chi connectivity index (χ0) is 20.0. The minimum Gasteiger partial charge on any atom is -0.346 e. The molecule has 0 aliphatic rings. The Bertz CT molecular complexity index is 1360. The van der Waals surface area contributed by atoms with Crippen LogP contribution in [0, 0.1) is 0 Å². The maximum Gasteiger partial charge on any atom is 0.278 e. The lowest BCUT2D eigenvalue weighted by Gasteiger charge is -2.16. The fourth-order valence-corrected chi connectivity index (χ4v) is 3.26. The van der Waals surface area contributed by atoms with Crippen LogP contribution < -0.4 is 4.90 Å². The number of carbonyl (C=O) groups excluding carboxylic acids is 1. The van der Waals surface area contributed by atoms with Crippen molar-refractivity contribution in [1.82, 2.24) is 29.3 Å². The van der Waals surface area contributed by atoms with Crippen molar-refractivity contribution in [3.63, 3.8) is 0 Å². The molecule has 0 aliphatic heterocycles. The number of rotatable bonds is 3. The molecular formula is C20H14ClN7O. The number of H-pyrrole nitrogens is 1. The second-order valence-electron chi connectivity index (χ2n) is 6.49. The van der Waals surface area contributed by atoms with Gasteiger partial charge < -0.3 is 9.88 Å². The number of pyridine rings is 2. The summed E-state index contributed by atoms with van der Waals surface area (Å²) in [5, 5.41) is 1.36. The molecule has 0 aromatic carbocycles. The highest BCUT2D eigenvalue weighted by atomic mass is 35.5. The minimum absolute atomic E-state index is 0.269. The number of fused-ring (bicyclic) bond motifs is 2. The van der Waals surface area contributed by atoms with Gasteiger partial charge in [0.25, 0.3) is 5.91 Å². The summed E-state index contributed by atoms with van der Waals surface area (Å²) in [4.78, 5) is 34.6. The highest BCUT2D eigenvalue weighted by molar-refractivity contribution is 6.29. The predicted octanol–water partition coefficient (Wildman–Crippen LogP) is 3.60. The van der Waals surface area contributed by atoms with Crippen LogP contribution in [0.5, 0.6) is 0 Å². The lowest BCUT2D eigenvalue weighted by Crippen LogP contribution is -2.27. The molecule has 0 fully saturated rings. The summed E-state index contributed by atoms with van der Waals surface area (Å²) in [5.41, 5.74) is 4.08. The van der Waals surface area contributed by atoms with Gasteiger partial charge in [0.05, 0.1) is 30.0 Å². The molecule has 0 saturated carbocycles. The molecule has 0 saturated heterocycles. The number of hydrogen-bond donors (Lipinski definition) is 1. The standard InChI is InChI=1S/C20H14ClN7O/c1-27(14-2-3-17(21)24-8-14)20(29)15-11-28-16(9-25-18(28)10-23-15)13-6-12-4-5-22-19(12)26-7-13/h2-11H,1H3,(H,22,26). The molecule has 5 aromatic heterocycles. The number of nitrogens with zero attached hydrogens (tertiary/aromatic N) is 6. The number of amides is 1. The van der Waals surface area contributed by atoms with Crippen LogP contribution in [0.15, 0.2) is 61.4 Å². The summed E-state index contributed by atoms with van der Waals surface area (Å²) in [5.74, 6) is -0.269. The number of anilines is 1. The van der Waals surface area contributed by atoms with Crippen molar-refractivity contribution in [2.45, 2.75) is 0 Å². The normalized spacial score (nSPS) is 11.2. The van der Waals surface area contributed by atoms with Gasteiger partial charge in [-0.3, -0.25) is 9.20 Å². The summed E-state index contributed by atoms with van der Waals surface area (Å²) in [6.45, 7) is 0. The molecule has 0 aliphatic carbocycles. The first-order chi connectivity index (χ1) is 14.1. The van der Waals surface area contributed by atoms with Gasteiger partial charge in [-0.25, -0.2) is 19.9 Å². The van der Waals surface area contributed by atoms with Crippen molar-refractivity contribution < 1.29 is 4.79 Å². The van der Waals surface area contributed by atoms with E-state index >= 15 is 0 Å². The van der Waals surface area contributed by atoms with E-state index in [1.54, 1.807) is 50.2 Å². The van der Waals surface area contributed by atoms with Crippen molar-refractivity contribution >= 4 is 39.9 Å². The predicted molar refractivity (Wildman–Crippen MR) is 110 cm³/mol. The SMILES string of the molecule is CN(C(=O)c1cn2c(-c3cnc4[nH]ccc4c3)cnc2cn1)c1ccc(Cl)nc1. The van der Waals surface area contributed by atoms with Gasteiger partial charge in [0.1, 0.15) is 16.5 Å². The Morgan fingerprint density at radius 2 is 1.97 bits per heavy atom. The Kier molecular flexibility index (Phi) is 3.99. The highest BCUT2D eigenvalue weighted by Crippen LogP contribution is 2.24. The van der Waals surface area contributed by atoms with E-state index in [0.29, 0.717) is 16.5 Å². The molecule has 5 aromatic rings. The maximum absolute atomic E-state index is 12.9. The van der Waals surface area contributed by atoms with Crippen LogP contribution in [0.1, 0.15) is 10.5 Å². The largest absolute Gasteiger partial charge is 0.346 e. The quantitative estimate of drug-likeness (QED) is 0.465. The Balaban J connectivity index is 1.55. The van der Waals surface area contributed by atoms with Crippen molar-refractivity contribution in [1.29, 1.82) is 0 Å². The summed E-state index contributed by atoms with van der Waals surface area (Å²) in [6.07, 6.45) is 10.2. The van der Waals surface area contributed by atoms with Crippen LogP contribution in [0.3, 0.4) is 0 Å². The molecule has 5 heterocycles. The van der Waals surface area contributed by atoms with Gasteiger partial charge >= 0.3 is 0 Å². The van der Waals surface area contributed by atoms with Gasteiger partial charge in [0.15, 0.2) is 5.65 Å². The maximum atomic E-state index is 12.9. The number of carbonyl (C=O) groups is 1. The van der Waals surface area contributed by atoms with E-state index < -0.39 is 0 Å². The summed E-state index contributed by atoms with van der Waals surface area (Å²) < 4.78 is 1.84. The Hall–Kier alpha value is -3.78. The monoisotopic (exact) mass is 403 g/mol. The summed E-state index contributed by atoms with van der Waals surface area (Å²) in [7, 11) is 1.66. The molecule has 0 atom stereocenters. The minimum atomic E-state index is -0.269. The van der Waals surface area contributed by atoms with Crippen LogP contribution in [-0.4, -0.2) is 42.3 Å². The zero-order valence-corrected chi connectivity index (χ0v) is 16.0. The third-order valence-electron chi connectivity index (χ3n) is 4.71. The third kappa shape index (κ3) is 2.99. The molecule has 0 unspecified atom stereocenters. The molecule has 1 amide bonds. The van der Waals surface area contributed by atoms with Gasteiger partial charge in [-0.2, -0.15) is 0 Å². The Morgan fingerprint density at radius 3 is 2.79 bits per heavy atom. The molecule has 29 heavy (non-hydrogen) atoms. The van der Waals surface area contributed by atoms with Gasteiger partial charge in [0, 0.05) is 36.6 Å². The average Bonchev–Trinajstić information content (AvgIpc) is 3.39. The number of aromatic nitrogens is 6.